The maximum atomic E-state index is 13.5. The third-order valence-corrected chi connectivity index (χ3v) is 5.76. The van der Waals surface area contributed by atoms with Crippen LogP contribution in [0.4, 0.5) is 9.52 Å². The van der Waals surface area contributed by atoms with Crippen LogP contribution in [0.25, 0.3) is 21.0 Å². The lowest BCUT2D eigenvalue weighted by atomic mass is 10.1. The molecule has 5 aromatic rings. The van der Waals surface area contributed by atoms with E-state index in [1.54, 1.807) is 30.3 Å². The van der Waals surface area contributed by atoms with Crippen LogP contribution in [-0.2, 0) is 6.54 Å². The minimum Gasteiger partial charge on any atom is -0.296 e. The van der Waals surface area contributed by atoms with Gasteiger partial charge in [-0.15, -0.1) is 0 Å². The summed E-state index contributed by atoms with van der Waals surface area (Å²) < 4.78 is 15.4. The average Bonchev–Trinajstić information content (AvgIpc) is 3.17. The van der Waals surface area contributed by atoms with Crippen LogP contribution in [0, 0.1) is 5.82 Å². The maximum Gasteiger partial charge on any atom is 0.278 e. The third-order valence-electron chi connectivity index (χ3n) is 4.83. The number of anilines is 1. The molecule has 5 rings (SSSR count). The van der Waals surface area contributed by atoms with Gasteiger partial charge in [0, 0.05) is 5.39 Å². The minimum absolute atomic E-state index is 0.122. The molecule has 8 heteroatoms. The first-order valence-corrected chi connectivity index (χ1v) is 10.3. The Morgan fingerprint density at radius 2 is 1.74 bits per heavy atom. The second-order valence-electron chi connectivity index (χ2n) is 6.93. The fraction of sp³-hybridized carbons (Fsp3) is 0.0435. The number of nitrogens with zero attached hydrogens (tertiary/aromatic N) is 3. The molecule has 0 aliphatic rings. The van der Waals surface area contributed by atoms with Crippen LogP contribution in [0.5, 0.6) is 0 Å². The summed E-state index contributed by atoms with van der Waals surface area (Å²) >= 11 is 1.17. The summed E-state index contributed by atoms with van der Waals surface area (Å²) in [6, 6.07) is 20.6. The standard InChI is InChI=1S/C23H15FN4O2S/c24-15-10-11-18-19(12-15)31-23(25-18)26-21(29)20-16-8-4-5-9-17(16)22(30)28(27-20)13-14-6-2-1-3-7-14/h1-12H,13H2,(H,25,26,29). The van der Waals surface area contributed by atoms with Gasteiger partial charge < -0.3 is 0 Å². The van der Waals surface area contributed by atoms with Gasteiger partial charge in [0.1, 0.15) is 5.82 Å². The van der Waals surface area contributed by atoms with Crippen LogP contribution in [0.3, 0.4) is 0 Å². The summed E-state index contributed by atoms with van der Waals surface area (Å²) in [7, 11) is 0. The van der Waals surface area contributed by atoms with E-state index in [-0.39, 0.29) is 23.6 Å². The Labute approximate surface area is 179 Å². The van der Waals surface area contributed by atoms with Crippen LogP contribution >= 0.6 is 11.3 Å². The highest BCUT2D eigenvalue weighted by Crippen LogP contribution is 2.27. The molecular weight excluding hydrogens is 415 g/mol. The van der Waals surface area contributed by atoms with Crippen molar-refractivity contribution in [3.05, 3.63) is 100 Å². The van der Waals surface area contributed by atoms with Crippen molar-refractivity contribution in [1.82, 2.24) is 14.8 Å². The number of aromatic nitrogens is 3. The molecule has 152 valence electrons. The van der Waals surface area contributed by atoms with Crippen molar-refractivity contribution in [2.45, 2.75) is 6.54 Å². The zero-order chi connectivity index (χ0) is 21.4. The number of amides is 1. The largest absolute Gasteiger partial charge is 0.296 e. The number of rotatable bonds is 4. The van der Waals surface area contributed by atoms with E-state index in [2.05, 4.69) is 15.4 Å². The molecule has 0 aliphatic heterocycles. The molecule has 1 amide bonds. The van der Waals surface area contributed by atoms with Gasteiger partial charge in [-0.2, -0.15) is 5.10 Å². The molecule has 0 spiro atoms. The molecule has 0 aliphatic carbocycles. The van der Waals surface area contributed by atoms with E-state index in [9.17, 15) is 14.0 Å². The Bertz CT molecular complexity index is 1490. The molecule has 0 saturated carbocycles. The van der Waals surface area contributed by atoms with Crippen molar-refractivity contribution >= 4 is 43.4 Å². The molecule has 0 unspecified atom stereocenters. The lowest BCUT2D eigenvalue weighted by Crippen LogP contribution is -2.28. The lowest BCUT2D eigenvalue weighted by Gasteiger charge is -2.10. The fourth-order valence-corrected chi connectivity index (χ4v) is 4.26. The number of nitrogens with one attached hydrogen (secondary N) is 1. The monoisotopic (exact) mass is 430 g/mol. The summed E-state index contributed by atoms with van der Waals surface area (Å²) in [5.41, 5.74) is 1.34. The molecule has 6 nitrogen and oxygen atoms in total. The molecule has 1 N–H and O–H groups in total. The van der Waals surface area contributed by atoms with Crippen LogP contribution in [0.15, 0.2) is 77.6 Å². The fourth-order valence-electron chi connectivity index (χ4n) is 3.37. The summed E-state index contributed by atoms with van der Waals surface area (Å²) in [6.07, 6.45) is 0. The van der Waals surface area contributed by atoms with Crippen LogP contribution in [0.1, 0.15) is 16.1 Å². The second-order valence-corrected chi connectivity index (χ2v) is 7.96. The molecule has 2 aromatic heterocycles. The van der Waals surface area contributed by atoms with Gasteiger partial charge in [0.25, 0.3) is 11.5 Å². The lowest BCUT2D eigenvalue weighted by molar-refractivity contribution is 0.102. The Morgan fingerprint density at radius 3 is 2.55 bits per heavy atom. The Balaban J connectivity index is 1.56. The predicted molar refractivity (Wildman–Crippen MR) is 119 cm³/mol. The third kappa shape index (κ3) is 3.69. The molecular formula is C23H15FN4O2S. The van der Waals surface area contributed by atoms with Gasteiger partial charge in [-0.05, 0) is 29.8 Å². The van der Waals surface area contributed by atoms with Gasteiger partial charge >= 0.3 is 0 Å². The number of thiazole rings is 1. The molecule has 0 atom stereocenters. The quantitative estimate of drug-likeness (QED) is 0.457. The first kappa shape index (κ1) is 19.1. The van der Waals surface area contributed by atoms with Gasteiger partial charge in [0.2, 0.25) is 0 Å². The average molecular weight is 430 g/mol. The molecule has 3 aromatic carbocycles. The number of halogens is 1. The molecule has 0 saturated heterocycles. The van der Waals surface area contributed by atoms with Crippen molar-refractivity contribution in [2.24, 2.45) is 0 Å². The van der Waals surface area contributed by atoms with Crippen molar-refractivity contribution in [2.75, 3.05) is 5.32 Å². The number of hydrogen-bond donors (Lipinski definition) is 1. The molecule has 0 fully saturated rings. The minimum atomic E-state index is -0.488. The zero-order valence-electron chi connectivity index (χ0n) is 16.1. The van der Waals surface area contributed by atoms with E-state index < -0.39 is 5.91 Å². The van der Waals surface area contributed by atoms with Gasteiger partial charge in [-0.3, -0.25) is 14.9 Å². The van der Waals surface area contributed by atoms with Crippen molar-refractivity contribution in [1.29, 1.82) is 0 Å². The van der Waals surface area contributed by atoms with Gasteiger partial charge in [-0.25, -0.2) is 14.1 Å². The van der Waals surface area contributed by atoms with Crippen LogP contribution < -0.4 is 10.9 Å². The summed E-state index contributed by atoms with van der Waals surface area (Å²) in [6.45, 7) is 0.241. The van der Waals surface area contributed by atoms with Crippen molar-refractivity contribution in [3.63, 3.8) is 0 Å². The smallest absolute Gasteiger partial charge is 0.278 e. The molecule has 0 radical (unpaired) electrons. The zero-order valence-corrected chi connectivity index (χ0v) is 16.9. The molecule has 0 bridgehead atoms. The van der Waals surface area contributed by atoms with Crippen LogP contribution in [0.2, 0.25) is 0 Å². The second kappa shape index (κ2) is 7.73. The predicted octanol–water partition coefficient (Wildman–Crippen LogP) is 4.45. The Hall–Kier alpha value is -3.91. The number of fused-ring (bicyclic) bond motifs is 2. The summed E-state index contributed by atoms with van der Waals surface area (Å²) in [5.74, 6) is -0.854. The van der Waals surface area contributed by atoms with Crippen molar-refractivity contribution < 1.29 is 9.18 Å². The number of carbonyl (C=O) groups excluding carboxylic acids is 1. The SMILES string of the molecule is O=C(Nc1nc2ccc(F)cc2s1)c1nn(Cc2ccccc2)c(=O)c2ccccc12. The van der Waals surface area contributed by atoms with E-state index in [1.165, 1.54) is 28.2 Å². The maximum absolute atomic E-state index is 13.5. The first-order chi connectivity index (χ1) is 15.1. The number of benzene rings is 3. The molecule has 2 heterocycles. The number of carbonyl (C=O) groups is 1. The summed E-state index contributed by atoms with van der Waals surface area (Å²) in [4.78, 5) is 30.4. The van der Waals surface area contributed by atoms with Gasteiger partial charge in [0.05, 0.1) is 22.1 Å². The highest BCUT2D eigenvalue weighted by Gasteiger charge is 2.18. The highest BCUT2D eigenvalue weighted by atomic mass is 32.1. The van der Waals surface area contributed by atoms with E-state index >= 15 is 0 Å². The van der Waals surface area contributed by atoms with Crippen LogP contribution in [-0.4, -0.2) is 20.7 Å². The van der Waals surface area contributed by atoms with Gasteiger partial charge in [-0.1, -0.05) is 59.9 Å². The summed E-state index contributed by atoms with van der Waals surface area (Å²) in [5, 5.41) is 8.30. The van der Waals surface area contributed by atoms with E-state index in [4.69, 9.17) is 0 Å². The molecule has 31 heavy (non-hydrogen) atoms. The van der Waals surface area contributed by atoms with Gasteiger partial charge in [0.15, 0.2) is 10.8 Å². The Kier molecular flexibility index (Phi) is 4.76. The van der Waals surface area contributed by atoms with E-state index in [0.717, 1.165) is 5.56 Å². The topological polar surface area (TPSA) is 76.9 Å². The van der Waals surface area contributed by atoms with Crippen molar-refractivity contribution in [3.8, 4) is 0 Å². The normalized spacial score (nSPS) is 11.1. The van der Waals surface area contributed by atoms with E-state index in [1.807, 2.05) is 30.3 Å². The number of hydrogen-bond acceptors (Lipinski definition) is 5. The Morgan fingerprint density at radius 1 is 1.00 bits per heavy atom. The van der Waals surface area contributed by atoms with E-state index in [0.29, 0.717) is 26.1 Å². The first-order valence-electron chi connectivity index (χ1n) is 9.50. The highest BCUT2D eigenvalue weighted by molar-refractivity contribution is 7.22.